The zero-order chi connectivity index (χ0) is 42.8. The van der Waals surface area contributed by atoms with Crippen molar-refractivity contribution in [1.29, 1.82) is 0 Å². The number of esters is 2. The third-order valence-electron chi connectivity index (χ3n) is 8.32. The summed E-state index contributed by atoms with van der Waals surface area (Å²) < 4.78 is 32.6. The molecular weight excluding hydrogens is 757 g/mol. The molecule has 328 valence electrons. The van der Waals surface area contributed by atoms with E-state index >= 15 is 0 Å². The maximum atomic E-state index is 12.6. The van der Waals surface area contributed by atoms with Gasteiger partial charge >= 0.3 is 25.7 Å². The van der Waals surface area contributed by atoms with E-state index in [-0.39, 0.29) is 19.4 Å². The van der Waals surface area contributed by atoms with E-state index in [0.29, 0.717) is 12.8 Å². The summed E-state index contributed by atoms with van der Waals surface area (Å²) in [5, 5.41) is 8.88. The quantitative estimate of drug-likeness (QED) is 0.0234. The second kappa shape index (κ2) is 40.2. The zero-order valence-corrected chi connectivity index (χ0v) is 36.2. The largest absolute Gasteiger partial charge is 0.480 e. The Morgan fingerprint density at radius 1 is 0.552 bits per heavy atom. The molecule has 58 heavy (non-hydrogen) atoms. The second-order valence-electron chi connectivity index (χ2n) is 13.7. The predicted molar refractivity (Wildman–Crippen MR) is 235 cm³/mol. The van der Waals surface area contributed by atoms with Crippen LogP contribution in [0.25, 0.3) is 0 Å². The van der Waals surface area contributed by atoms with E-state index in [4.69, 9.17) is 24.8 Å². The fraction of sp³-hybridized carbons (Fsp3) is 0.587. The Morgan fingerprint density at radius 3 is 1.45 bits per heavy atom. The third kappa shape index (κ3) is 39.2. The number of carboxylic acid groups (broad SMARTS) is 1. The maximum absolute atomic E-state index is 12.6. The molecule has 0 aromatic carbocycles. The average molecular weight is 832 g/mol. The number of unbranched alkanes of at least 4 members (excludes halogenated alkanes) is 8. The van der Waals surface area contributed by atoms with Crippen LogP contribution >= 0.6 is 7.82 Å². The highest BCUT2D eigenvalue weighted by atomic mass is 31.2. The smallest absolute Gasteiger partial charge is 0.472 e. The lowest BCUT2D eigenvalue weighted by Gasteiger charge is -2.20. The molecular formula is C46H74NO10P. The first kappa shape index (κ1) is 54.4. The summed E-state index contributed by atoms with van der Waals surface area (Å²) in [6.45, 7) is 2.56. The second-order valence-corrected chi connectivity index (χ2v) is 15.2. The van der Waals surface area contributed by atoms with Crippen LogP contribution in [0.1, 0.15) is 142 Å². The molecule has 0 saturated carbocycles. The molecule has 0 saturated heterocycles. The van der Waals surface area contributed by atoms with Crippen LogP contribution in [0.4, 0.5) is 0 Å². The lowest BCUT2D eigenvalue weighted by atomic mass is 10.1. The van der Waals surface area contributed by atoms with Gasteiger partial charge in [-0.1, -0.05) is 130 Å². The van der Waals surface area contributed by atoms with Gasteiger partial charge in [0.1, 0.15) is 12.6 Å². The molecule has 0 aromatic rings. The van der Waals surface area contributed by atoms with Crippen molar-refractivity contribution in [2.24, 2.45) is 5.73 Å². The van der Waals surface area contributed by atoms with Gasteiger partial charge in [0.15, 0.2) is 6.10 Å². The van der Waals surface area contributed by atoms with E-state index in [1.165, 1.54) is 19.3 Å². The summed E-state index contributed by atoms with van der Waals surface area (Å²) in [5.74, 6) is -2.49. The number of carbonyl (C=O) groups excluding carboxylic acids is 2. The summed E-state index contributed by atoms with van der Waals surface area (Å²) in [6.07, 6.45) is 50.5. The van der Waals surface area contributed by atoms with Crippen molar-refractivity contribution in [1.82, 2.24) is 0 Å². The molecule has 0 fully saturated rings. The van der Waals surface area contributed by atoms with E-state index in [0.717, 1.165) is 83.5 Å². The minimum atomic E-state index is -4.74. The SMILES string of the molecule is CC/C=C/C/C=C/C/C=C/C/C=C/C/C=C/CCCCCC(=O)OC[C@H](COP(=O)(O)OC[C@H](N)C(=O)O)OC(=O)CCCC/C=C/C/C=C/C/C=C/CCCCC. The molecule has 12 heteroatoms. The molecule has 3 atom stereocenters. The number of allylic oxidation sites excluding steroid dienone is 16. The normalized spacial score (nSPS) is 14.7. The minimum Gasteiger partial charge on any atom is -0.480 e. The molecule has 0 heterocycles. The predicted octanol–water partition coefficient (Wildman–Crippen LogP) is 11.3. The highest BCUT2D eigenvalue weighted by Crippen LogP contribution is 2.43. The fourth-order valence-corrected chi connectivity index (χ4v) is 5.76. The number of rotatable bonds is 38. The number of carbonyl (C=O) groups is 3. The minimum absolute atomic E-state index is 0.0986. The Morgan fingerprint density at radius 2 is 0.966 bits per heavy atom. The van der Waals surface area contributed by atoms with E-state index in [9.17, 15) is 23.8 Å². The molecule has 0 aliphatic rings. The van der Waals surface area contributed by atoms with Crippen LogP contribution in [-0.2, 0) is 37.5 Å². The number of hydrogen-bond donors (Lipinski definition) is 3. The molecule has 0 aliphatic carbocycles. The lowest BCUT2D eigenvalue weighted by Crippen LogP contribution is -2.34. The van der Waals surface area contributed by atoms with Gasteiger partial charge in [-0.3, -0.25) is 23.4 Å². The van der Waals surface area contributed by atoms with E-state index in [2.05, 4.69) is 116 Å². The standard InChI is InChI=1S/C46H74NO10P/c1-3-5-7-9-11-13-15-17-19-20-21-22-24-25-27-29-31-33-35-37-44(48)54-39-42(40-55-58(52,53)56-41-43(47)46(50)51)57-45(49)38-36-34-32-30-28-26-23-18-16-14-12-10-8-6-4-2/h5,7,11-14,17-19,21-23,25,27-28,30,42-43H,3-4,6,8-10,15-16,20,24,26,29,31-41,47H2,1-2H3,(H,50,51)(H,52,53)/b7-5+,13-11+,14-12+,19-17+,22-21+,23-18+,27-25+,30-28+/t42-,43+/m1/s1. The fourth-order valence-electron chi connectivity index (χ4n) is 4.98. The van der Waals surface area contributed by atoms with Gasteiger partial charge < -0.3 is 25.2 Å². The number of nitrogens with two attached hydrogens (primary N) is 1. The van der Waals surface area contributed by atoms with Gasteiger partial charge in [0.2, 0.25) is 0 Å². The van der Waals surface area contributed by atoms with Crippen LogP contribution in [0.3, 0.4) is 0 Å². The Kier molecular flexibility index (Phi) is 37.7. The topological polar surface area (TPSA) is 172 Å². The first-order valence-electron chi connectivity index (χ1n) is 21.3. The first-order chi connectivity index (χ1) is 28.1. The van der Waals surface area contributed by atoms with Crippen LogP contribution in [0.15, 0.2) is 97.2 Å². The van der Waals surface area contributed by atoms with Crippen molar-refractivity contribution in [3.63, 3.8) is 0 Å². The van der Waals surface area contributed by atoms with Gasteiger partial charge in [-0.25, -0.2) is 4.57 Å². The molecule has 11 nitrogen and oxygen atoms in total. The number of ether oxygens (including phenoxy) is 2. The number of phosphoric acid groups is 1. The average Bonchev–Trinajstić information content (AvgIpc) is 3.20. The van der Waals surface area contributed by atoms with Gasteiger partial charge in [-0.05, 0) is 96.3 Å². The molecule has 1 unspecified atom stereocenters. The van der Waals surface area contributed by atoms with Crippen molar-refractivity contribution in [2.45, 2.75) is 154 Å². The van der Waals surface area contributed by atoms with Crippen LogP contribution in [0, 0.1) is 0 Å². The van der Waals surface area contributed by atoms with Crippen molar-refractivity contribution < 1.29 is 47.5 Å². The molecule has 4 N–H and O–H groups in total. The number of phosphoric ester groups is 1. The molecule has 0 amide bonds. The summed E-state index contributed by atoms with van der Waals surface area (Å²) >= 11 is 0. The Balaban J connectivity index is 4.52. The summed E-state index contributed by atoms with van der Waals surface area (Å²) in [6, 6.07) is -1.54. The highest BCUT2D eigenvalue weighted by molar-refractivity contribution is 7.47. The van der Waals surface area contributed by atoms with Crippen molar-refractivity contribution >= 4 is 25.7 Å². The van der Waals surface area contributed by atoms with Crippen molar-refractivity contribution in [3.05, 3.63) is 97.2 Å². The van der Waals surface area contributed by atoms with E-state index in [1.807, 2.05) is 0 Å². The van der Waals surface area contributed by atoms with E-state index < -0.39 is 51.1 Å². The lowest BCUT2D eigenvalue weighted by molar-refractivity contribution is -0.161. The van der Waals surface area contributed by atoms with Crippen LogP contribution < -0.4 is 5.73 Å². The Labute approximate surface area is 349 Å². The van der Waals surface area contributed by atoms with Crippen LogP contribution in [0.2, 0.25) is 0 Å². The number of aliphatic carboxylic acids is 1. The van der Waals surface area contributed by atoms with E-state index in [1.54, 1.807) is 0 Å². The summed E-state index contributed by atoms with van der Waals surface area (Å²) in [4.78, 5) is 45.9. The van der Waals surface area contributed by atoms with Gasteiger partial charge in [-0.2, -0.15) is 0 Å². The Hall–Kier alpha value is -3.60. The highest BCUT2D eigenvalue weighted by Gasteiger charge is 2.28. The molecule has 0 spiro atoms. The number of hydrogen-bond acceptors (Lipinski definition) is 9. The van der Waals surface area contributed by atoms with Gasteiger partial charge in [0.25, 0.3) is 0 Å². The Bertz CT molecular complexity index is 1350. The first-order valence-corrected chi connectivity index (χ1v) is 22.8. The van der Waals surface area contributed by atoms with Crippen molar-refractivity contribution in [2.75, 3.05) is 19.8 Å². The van der Waals surface area contributed by atoms with Crippen LogP contribution in [0.5, 0.6) is 0 Å². The maximum Gasteiger partial charge on any atom is 0.472 e. The van der Waals surface area contributed by atoms with Crippen LogP contribution in [-0.4, -0.2) is 59.9 Å². The zero-order valence-electron chi connectivity index (χ0n) is 35.3. The monoisotopic (exact) mass is 832 g/mol. The third-order valence-corrected chi connectivity index (χ3v) is 9.27. The van der Waals surface area contributed by atoms with Gasteiger partial charge in [0.05, 0.1) is 13.2 Å². The summed E-state index contributed by atoms with van der Waals surface area (Å²) in [5.41, 5.74) is 5.32. The molecule has 0 radical (unpaired) electrons. The van der Waals surface area contributed by atoms with Gasteiger partial charge in [-0.15, -0.1) is 0 Å². The van der Waals surface area contributed by atoms with Crippen molar-refractivity contribution in [3.8, 4) is 0 Å². The molecule has 0 rings (SSSR count). The molecule has 0 aromatic heterocycles. The number of carboxylic acids is 1. The molecule has 0 aliphatic heterocycles. The summed E-state index contributed by atoms with van der Waals surface area (Å²) in [7, 11) is -4.74. The molecule has 0 bridgehead atoms. The van der Waals surface area contributed by atoms with Gasteiger partial charge in [0, 0.05) is 12.8 Å².